The van der Waals surface area contributed by atoms with E-state index in [0.717, 1.165) is 6.54 Å². The molecule has 1 heteroatoms. The summed E-state index contributed by atoms with van der Waals surface area (Å²) in [7, 11) is 1.95. The molecule has 1 aromatic carbocycles. The Morgan fingerprint density at radius 2 is 2.00 bits per heavy atom. The average molecular weight is 147 g/mol. The Labute approximate surface area is 67.8 Å². The van der Waals surface area contributed by atoms with Crippen molar-refractivity contribution in [2.75, 3.05) is 7.05 Å². The van der Waals surface area contributed by atoms with Crippen molar-refractivity contribution in [1.82, 2.24) is 5.32 Å². The summed E-state index contributed by atoms with van der Waals surface area (Å²) in [5.41, 5.74) is 2.47. The molecule has 11 heavy (non-hydrogen) atoms. The summed E-state index contributed by atoms with van der Waals surface area (Å²) in [6, 6.07) is 8.35. The number of hydrogen-bond acceptors (Lipinski definition) is 1. The molecule has 0 saturated carbocycles. The number of nitrogens with one attached hydrogen (secondary N) is 1. The number of benzene rings is 1. The highest BCUT2D eigenvalue weighted by molar-refractivity contribution is 5.47. The summed E-state index contributed by atoms with van der Waals surface area (Å²) in [4.78, 5) is 0. The Morgan fingerprint density at radius 1 is 1.36 bits per heavy atom. The molecule has 0 aliphatic rings. The van der Waals surface area contributed by atoms with E-state index < -0.39 is 0 Å². The van der Waals surface area contributed by atoms with Crippen molar-refractivity contribution < 1.29 is 0 Å². The molecule has 0 aliphatic heterocycles. The molecule has 1 N–H and O–H groups in total. The zero-order valence-corrected chi connectivity index (χ0v) is 6.80. The van der Waals surface area contributed by atoms with Crippen LogP contribution >= 0.6 is 0 Å². The van der Waals surface area contributed by atoms with Gasteiger partial charge in [-0.25, -0.2) is 0 Å². The first kappa shape index (κ1) is 8.02. The van der Waals surface area contributed by atoms with Crippen LogP contribution in [0.3, 0.4) is 0 Å². The van der Waals surface area contributed by atoms with Crippen molar-refractivity contribution in [3.05, 3.63) is 42.0 Å². The second-order valence-corrected chi connectivity index (χ2v) is 2.48. The predicted molar refractivity (Wildman–Crippen MR) is 49.3 cm³/mol. The zero-order chi connectivity index (χ0) is 8.10. The molecule has 0 saturated heterocycles. The van der Waals surface area contributed by atoms with Crippen molar-refractivity contribution >= 4 is 6.08 Å². The third-order valence-electron chi connectivity index (χ3n) is 1.60. The zero-order valence-electron chi connectivity index (χ0n) is 6.80. The number of rotatable bonds is 3. The van der Waals surface area contributed by atoms with E-state index in [1.54, 1.807) is 0 Å². The van der Waals surface area contributed by atoms with Gasteiger partial charge in [-0.3, -0.25) is 0 Å². The van der Waals surface area contributed by atoms with Gasteiger partial charge in [-0.15, -0.1) is 0 Å². The summed E-state index contributed by atoms with van der Waals surface area (Å²) in [5, 5.41) is 3.10. The normalized spacial score (nSPS) is 9.55. The molecule has 1 aromatic rings. The van der Waals surface area contributed by atoms with E-state index in [2.05, 4.69) is 36.2 Å². The summed E-state index contributed by atoms with van der Waals surface area (Å²) >= 11 is 0. The lowest BCUT2D eigenvalue weighted by Crippen LogP contribution is -2.04. The van der Waals surface area contributed by atoms with E-state index in [1.165, 1.54) is 11.1 Å². The van der Waals surface area contributed by atoms with E-state index in [9.17, 15) is 0 Å². The Hall–Kier alpha value is -1.08. The third kappa shape index (κ3) is 2.20. The van der Waals surface area contributed by atoms with E-state index in [4.69, 9.17) is 0 Å². The van der Waals surface area contributed by atoms with Crippen LogP contribution in [-0.2, 0) is 6.54 Å². The summed E-state index contributed by atoms with van der Waals surface area (Å²) in [5.74, 6) is 0. The van der Waals surface area contributed by atoms with Crippen LogP contribution in [0.15, 0.2) is 30.8 Å². The second-order valence-electron chi connectivity index (χ2n) is 2.48. The van der Waals surface area contributed by atoms with Gasteiger partial charge in [0, 0.05) is 6.54 Å². The van der Waals surface area contributed by atoms with Gasteiger partial charge in [0.2, 0.25) is 0 Å². The molecule has 0 spiro atoms. The van der Waals surface area contributed by atoms with Crippen molar-refractivity contribution in [1.29, 1.82) is 0 Å². The Balaban J connectivity index is 2.74. The van der Waals surface area contributed by atoms with Crippen LogP contribution in [0.5, 0.6) is 0 Å². The topological polar surface area (TPSA) is 12.0 Å². The SMILES string of the molecule is C=Cc1ccc(CNC)cc1. The fourth-order valence-corrected chi connectivity index (χ4v) is 0.976. The van der Waals surface area contributed by atoms with Crippen molar-refractivity contribution in [2.45, 2.75) is 6.54 Å². The second kappa shape index (κ2) is 3.94. The molecule has 0 radical (unpaired) electrons. The fraction of sp³-hybridized carbons (Fsp3) is 0.200. The molecule has 0 atom stereocenters. The van der Waals surface area contributed by atoms with Gasteiger partial charge in [-0.05, 0) is 18.2 Å². The van der Waals surface area contributed by atoms with Crippen LogP contribution < -0.4 is 5.32 Å². The van der Waals surface area contributed by atoms with Crippen molar-refractivity contribution in [2.24, 2.45) is 0 Å². The highest BCUT2D eigenvalue weighted by Gasteiger charge is 1.88. The summed E-state index contributed by atoms with van der Waals surface area (Å²) in [6.45, 7) is 4.62. The average Bonchev–Trinajstić information content (AvgIpc) is 2.07. The lowest BCUT2D eigenvalue weighted by atomic mass is 10.1. The molecule has 1 nitrogen and oxygen atoms in total. The molecule has 0 heterocycles. The molecule has 0 aromatic heterocycles. The lowest BCUT2D eigenvalue weighted by molar-refractivity contribution is 0.818. The maximum absolute atomic E-state index is 3.69. The molecular formula is C10H13N. The predicted octanol–water partition coefficient (Wildman–Crippen LogP) is 2.05. The van der Waals surface area contributed by atoms with E-state index in [0.29, 0.717) is 0 Å². The lowest BCUT2D eigenvalue weighted by Gasteiger charge is -1.99. The van der Waals surface area contributed by atoms with Crippen molar-refractivity contribution in [3.63, 3.8) is 0 Å². The third-order valence-corrected chi connectivity index (χ3v) is 1.60. The molecule has 58 valence electrons. The van der Waals surface area contributed by atoms with Gasteiger partial charge in [-0.2, -0.15) is 0 Å². The van der Waals surface area contributed by atoms with E-state index >= 15 is 0 Å². The monoisotopic (exact) mass is 147 g/mol. The van der Waals surface area contributed by atoms with Crippen LogP contribution in [0.2, 0.25) is 0 Å². The van der Waals surface area contributed by atoms with Gasteiger partial charge in [0.25, 0.3) is 0 Å². The van der Waals surface area contributed by atoms with Gasteiger partial charge in [0.15, 0.2) is 0 Å². The Kier molecular flexibility index (Phi) is 2.87. The van der Waals surface area contributed by atoms with Gasteiger partial charge >= 0.3 is 0 Å². The largest absolute Gasteiger partial charge is 0.316 e. The quantitative estimate of drug-likeness (QED) is 0.690. The summed E-state index contributed by atoms with van der Waals surface area (Å²) < 4.78 is 0. The molecule has 0 bridgehead atoms. The van der Waals surface area contributed by atoms with Gasteiger partial charge in [0.1, 0.15) is 0 Å². The minimum Gasteiger partial charge on any atom is -0.316 e. The maximum Gasteiger partial charge on any atom is 0.0202 e. The Bertz CT molecular complexity index is 223. The maximum atomic E-state index is 3.69. The smallest absolute Gasteiger partial charge is 0.0202 e. The molecular weight excluding hydrogens is 134 g/mol. The van der Waals surface area contributed by atoms with Crippen LogP contribution in [0.4, 0.5) is 0 Å². The van der Waals surface area contributed by atoms with E-state index in [1.807, 2.05) is 13.1 Å². The molecule has 0 amide bonds. The van der Waals surface area contributed by atoms with Gasteiger partial charge in [0.05, 0.1) is 0 Å². The first-order valence-electron chi connectivity index (χ1n) is 3.73. The van der Waals surface area contributed by atoms with Gasteiger partial charge < -0.3 is 5.32 Å². The highest BCUT2D eigenvalue weighted by Crippen LogP contribution is 2.04. The molecule has 0 aliphatic carbocycles. The van der Waals surface area contributed by atoms with Crippen LogP contribution in [-0.4, -0.2) is 7.05 Å². The molecule has 0 fully saturated rings. The molecule has 0 unspecified atom stereocenters. The number of hydrogen-bond donors (Lipinski definition) is 1. The highest BCUT2D eigenvalue weighted by atomic mass is 14.8. The van der Waals surface area contributed by atoms with Gasteiger partial charge in [-0.1, -0.05) is 36.9 Å². The fourth-order valence-electron chi connectivity index (χ4n) is 0.976. The van der Waals surface area contributed by atoms with Crippen LogP contribution in [0.1, 0.15) is 11.1 Å². The summed E-state index contributed by atoms with van der Waals surface area (Å²) in [6.07, 6.45) is 1.85. The minimum atomic E-state index is 0.928. The van der Waals surface area contributed by atoms with E-state index in [-0.39, 0.29) is 0 Å². The first-order valence-corrected chi connectivity index (χ1v) is 3.73. The van der Waals surface area contributed by atoms with Crippen molar-refractivity contribution in [3.8, 4) is 0 Å². The minimum absolute atomic E-state index is 0.928. The van der Waals surface area contributed by atoms with Crippen LogP contribution in [0.25, 0.3) is 6.08 Å². The Morgan fingerprint density at radius 3 is 2.45 bits per heavy atom. The first-order chi connectivity index (χ1) is 5.36. The van der Waals surface area contributed by atoms with Crippen LogP contribution in [0, 0.1) is 0 Å². The molecule has 1 rings (SSSR count). The standard InChI is InChI=1S/C10H13N/c1-3-9-4-6-10(7-5-9)8-11-2/h3-7,11H,1,8H2,2H3.